The van der Waals surface area contributed by atoms with E-state index in [0.717, 1.165) is 4.90 Å². The van der Waals surface area contributed by atoms with Gasteiger partial charge in [-0.2, -0.15) is 0 Å². The molecule has 4 heteroatoms. The lowest BCUT2D eigenvalue weighted by molar-refractivity contribution is 0.773. The maximum absolute atomic E-state index is 5.34. The van der Waals surface area contributed by atoms with Crippen molar-refractivity contribution < 1.29 is 14.1 Å². The van der Waals surface area contributed by atoms with Crippen molar-refractivity contribution in [1.82, 2.24) is 0 Å². The summed E-state index contributed by atoms with van der Waals surface area (Å²) < 4.78 is 0. The smallest absolute Gasteiger partial charge is 0.0414 e. The Labute approximate surface area is 101 Å². The van der Waals surface area contributed by atoms with Crippen LogP contribution in [-0.4, -0.2) is 0 Å². The monoisotopic (exact) mass is 253 g/mol. The molecule has 0 unspecified atom stereocenters. The van der Waals surface area contributed by atoms with Crippen LogP contribution in [0, 0.1) is 0 Å². The largest absolute Gasteiger partial charge is 0.269 e. The van der Waals surface area contributed by atoms with Gasteiger partial charge in [0.05, 0.1) is 0 Å². The zero-order valence-corrected chi connectivity index (χ0v) is 10.8. The van der Waals surface area contributed by atoms with Gasteiger partial charge in [-0.25, -0.2) is 0 Å². The molecule has 0 saturated carbocycles. The van der Waals surface area contributed by atoms with E-state index in [-0.39, 0.29) is 14.1 Å². The molecule has 0 saturated heterocycles. The van der Waals surface area contributed by atoms with Crippen LogP contribution < -0.4 is 0 Å². The summed E-state index contributed by atoms with van der Waals surface area (Å²) in [7, 11) is 0. The molecule has 0 bridgehead atoms. The van der Waals surface area contributed by atoms with E-state index in [1.54, 1.807) is 0 Å². The first-order chi connectivity index (χ1) is 6.04. The third-order valence-corrected chi connectivity index (χ3v) is 2.66. The van der Waals surface area contributed by atoms with E-state index in [1.807, 2.05) is 6.07 Å². The summed E-state index contributed by atoms with van der Waals surface area (Å²) in [6, 6.07) is 6.27. The van der Waals surface area contributed by atoms with E-state index in [4.69, 9.17) is 12.6 Å². The van der Waals surface area contributed by atoms with E-state index in [9.17, 15) is 0 Å². The van der Waals surface area contributed by atoms with E-state index < -0.39 is 0 Å². The summed E-state index contributed by atoms with van der Waals surface area (Å²) in [5.74, 6) is 1.10. The zero-order chi connectivity index (χ0) is 10.0. The van der Waals surface area contributed by atoms with Crippen molar-refractivity contribution in [2.45, 2.75) is 44.4 Å². The highest BCUT2D eigenvalue weighted by Crippen LogP contribution is 2.30. The average molecular weight is 253 g/mol. The van der Waals surface area contributed by atoms with Crippen LogP contribution in [0.2, 0.25) is 0 Å². The predicted octanol–water partition coefficient (Wildman–Crippen LogP) is 4.95. The van der Waals surface area contributed by atoms with Crippen LogP contribution in [0.15, 0.2) is 23.1 Å². The molecule has 0 aromatic heterocycles. The predicted molar refractivity (Wildman–Crippen MR) is 68.0 cm³/mol. The molecule has 0 spiro atoms. The molecule has 0 aliphatic heterocycles. The minimum Gasteiger partial charge on any atom is -0.269 e. The molecule has 0 N–H and O–H groups in total. The Bertz CT molecular complexity index is 298. The van der Waals surface area contributed by atoms with Crippen LogP contribution in [0.5, 0.6) is 0 Å². The lowest BCUT2D eigenvalue weighted by atomic mass is 9.91. The first kappa shape index (κ1) is 20.6. The van der Waals surface area contributed by atoms with Crippen molar-refractivity contribution in [2.24, 2.45) is 0 Å². The van der Waals surface area contributed by atoms with Gasteiger partial charge in [-0.3, -0.25) is 14.1 Å². The molecule has 0 atom stereocenters. The molecule has 0 aliphatic rings. The van der Waals surface area contributed by atoms with Crippen molar-refractivity contribution in [3.8, 4) is 0 Å². The standard InChI is InChI=1S/C12H17S.3FH/c1-8(2)10-6-5-7-11(13)12(10)9(3)4;;;/h5-9H,1-4H3;3*1H. The van der Waals surface area contributed by atoms with Gasteiger partial charge in [-0.15, -0.1) is 0 Å². The number of hydrogen-bond donors (Lipinski definition) is 0. The second-order valence-electron chi connectivity index (χ2n) is 4.07. The Balaban J connectivity index is -0.000000563. The van der Waals surface area contributed by atoms with Crippen LogP contribution in [0.25, 0.3) is 0 Å². The Hall–Kier alpha value is -0.770. The number of benzene rings is 1. The topological polar surface area (TPSA) is 0 Å². The molecule has 95 valence electrons. The normalized spacial score (nSPS) is 9.12. The van der Waals surface area contributed by atoms with E-state index in [0.29, 0.717) is 11.8 Å². The number of rotatable bonds is 2. The van der Waals surface area contributed by atoms with Gasteiger partial charge in [0.25, 0.3) is 0 Å². The molecule has 0 nitrogen and oxygen atoms in total. The lowest BCUT2D eigenvalue weighted by Gasteiger charge is -2.17. The summed E-state index contributed by atoms with van der Waals surface area (Å²) in [5.41, 5.74) is 2.76. The Morgan fingerprint density at radius 3 is 1.69 bits per heavy atom. The molecule has 1 radical (unpaired) electrons. The Morgan fingerprint density at radius 2 is 1.38 bits per heavy atom. The fraction of sp³-hybridized carbons (Fsp3) is 0.500. The fourth-order valence-electron chi connectivity index (χ4n) is 1.68. The van der Waals surface area contributed by atoms with Crippen LogP contribution in [0.4, 0.5) is 14.1 Å². The van der Waals surface area contributed by atoms with Gasteiger partial charge in [0.1, 0.15) is 0 Å². The Morgan fingerprint density at radius 1 is 0.875 bits per heavy atom. The van der Waals surface area contributed by atoms with E-state index in [1.165, 1.54) is 11.1 Å². The SMILES string of the molecule is CC(C)c1cccc([S])c1C(C)C.F.F.F. The average Bonchev–Trinajstić information content (AvgIpc) is 2.02. The highest BCUT2D eigenvalue weighted by Gasteiger charge is 2.12. The molecule has 0 aliphatic carbocycles. The van der Waals surface area contributed by atoms with Crippen molar-refractivity contribution in [1.29, 1.82) is 0 Å². The molecular weight excluding hydrogens is 233 g/mol. The maximum Gasteiger partial charge on any atom is 0.0414 e. The van der Waals surface area contributed by atoms with E-state index in [2.05, 4.69) is 39.8 Å². The highest BCUT2D eigenvalue weighted by molar-refractivity contribution is 7.80. The third kappa shape index (κ3) is 4.39. The highest BCUT2D eigenvalue weighted by atomic mass is 32.1. The van der Waals surface area contributed by atoms with Crippen LogP contribution >= 0.6 is 12.6 Å². The molecule has 1 aromatic rings. The molecular formula is C12H20F3S. The number of halogens is 3. The molecule has 0 heterocycles. The third-order valence-electron chi connectivity index (χ3n) is 2.30. The van der Waals surface area contributed by atoms with Gasteiger partial charge in [0, 0.05) is 4.90 Å². The van der Waals surface area contributed by atoms with Gasteiger partial charge in [0.2, 0.25) is 0 Å². The minimum absolute atomic E-state index is 0. The zero-order valence-electron chi connectivity index (χ0n) is 10.0. The van der Waals surface area contributed by atoms with Gasteiger partial charge < -0.3 is 0 Å². The van der Waals surface area contributed by atoms with Crippen molar-refractivity contribution in [2.75, 3.05) is 0 Å². The fourth-order valence-corrected chi connectivity index (χ4v) is 2.11. The van der Waals surface area contributed by atoms with Crippen LogP contribution in [0.3, 0.4) is 0 Å². The summed E-state index contributed by atoms with van der Waals surface area (Å²) in [5, 5.41) is 0. The van der Waals surface area contributed by atoms with E-state index >= 15 is 0 Å². The quantitative estimate of drug-likeness (QED) is 0.699. The van der Waals surface area contributed by atoms with Gasteiger partial charge in [-0.05, 0) is 29.0 Å². The van der Waals surface area contributed by atoms with Crippen LogP contribution in [0.1, 0.15) is 50.7 Å². The first-order valence-corrected chi connectivity index (χ1v) is 5.24. The number of hydrogen-bond acceptors (Lipinski definition) is 0. The Kier molecular flexibility index (Phi) is 10.8. The molecule has 0 fully saturated rings. The minimum atomic E-state index is 0. The van der Waals surface area contributed by atoms with Crippen molar-refractivity contribution >= 4 is 12.6 Å². The molecule has 0 amide bonds. The van der Waals surface area contributed by atoms with Crippen molar-refractivity contribution in [3.63, 3.8) is 0 Å². The van der Waals surface area contributed by atoms with Gasteiger partial charge in [0.15, 0.2) is 0 Å². The van der Waals surface area contributed by atoms with Crippen molar-refractivity contribution in [3.05, 3.63) is 29.3 Å². The summed E-state index contributed by atoms with van der Waals surface area (Å²) in [6.07, 6.45) is 0. The lowest BCUT2D eigenvalue weighted by Crippen LogP contribution is -1.99. The summed E-state index contributed by atoms with van der Waals surface area (Å²) >= 11 is 5.34. The van der Waals surface area contributed by atoms with Gasteiger partial charge in [-0.1, -0.05) is 52.5 Å². The second kappa shape index (κ2) is 8.39. The first-order valence-electron chi connectivity index (χ1n) is 4.83. The maximum atomic E-state index is 5.34. The van der Waals surface area contributed by atoms with Gasteiger partial charge >= 0.3 is 0 Å². The summed E-state index contributed by atoms with van der Waals surface area (Å²) in [6.45, 7) is 8.85. The van der Waals surface area contributed by atoms with Crippen LogP contribution in [-0.2, 0) is 0 Å². The summed E-state index contributed by atoms with van der Waals surface area (Å²) in [4.78, 5) is 1.02. The molecule has 1 rings (SSSR count). The molecule has 1 aromatic carbocycles. The second-order valence-corrected chi connectivity index (χ2v) is 4.51. The molecule has 16 heavy (non-hydrogen) atoms.